The van der Waals surface area contributed by atoms with E-state index in [9.17, 15) is 14.0 Å². The largest absolute Gasteiger partial charge is 0.493 e. The number of ether oxygens (including phenoxy) is 2. The minimum atomic E-state index is -0.781. The third kappa shape index (κ3) is 4.58. The second kappa shape index (κ2) is 10.00. The number of amides is 2. The summed E-state index contributed by atoms with van der Waals surface area (Å²) in [5, 5.41) is 2.85. The van der Waals surface area contributed by atoms with Gasteiger partial charge in [0.25, 0.3) is 5.91 Å². The van der Waals surface area contributed by atoms with Crippen molar-refractivity contribution >= 4 is 29.3 Å². The number of rotatable bonds is 6. The number of halogens is 1. The fourth-order valence-electron chi connectivity index (χ4n) is 4.44. The predicted molar refractivity (Wildman–Crippen MR) is 135 cm³/mol. The van der Waals surface area contributed by atoms with Gasteiger partial charge in [-0.3, -0.25) is 9.59 Å². The fraction of sp³-hybridized carbons (Fsp3) is 0.259. The zero-order chi connectivity index (χ0) is 25.3. The van der Waals surface area contributed by atoms with Gasteiger partial charge in [-0.15, -0.1) is 11.8 Å². The summed E-state index contributed by atoms with van der Waals surface area (Å²) >= 11 is 1.61. The molecule has 0 aromatic heterocycles. The molecule has 1 aliphatic heterocycles. The van der Waals surface area contributed by atoms with Gasteiger partial charge in [0.1, 0.15) is 5.82 Å². The summed E-state index contributed by atoms with van der Waals surface area (Å²) in [5.41, 5.74) is 2.53. The molecule has 1 N–H and O–H groups in total. The Labute approximate surface area is 208 Å². The predicted octanol–water partition coefficient (Wildman–Crippen LogP) is 5.42. The van der Waals surface area contributed by atoms with Crippen LogP contribution in [0.1, 0.15) is 39.0 Å². The molecule has 8 heteroatoms. The standard InChI is InChI=1S/C27H27FN2O4S/c1-15-6-9-17(12-21(15)28)29-26(31)24-19-13-22(33-3)23(34-4)14-20(19)27(32)30(2)25(24)16-7-10-18(35-5)11-8-16/h6-14,24-25H,1-5H3,(H,29,31)/t24-,25+/m0/s1. The van der Waals surface area contributed by atoms with Crippen molar-refractivity contribution in [2.45, 2.75) is 23.8 Å². The Hall–Kier alpha value is -3.52. The maximum absolute atomic E-state index is 14.2. The van der Waals surface area contributed by atoms with Gasteiger partial charge in [0.05, 0.1) is 26.2 Å². The number of benzene rings is 3. The molecule has 0 unspecified atom stereocenters. The van der Waals surface area contributed by atoms with Gasteiger partial charge in [0.15, 0.2) is 11.5 Å². The van der Waals surface area contributed by atoms with Gasteiger partial charge in [-0.2, -0.15) is 0 Å². The van der Waals surface area contributed by atoms with Crippen LogP contribution in [0.2, 0.25) is 0 Å². The first kappa shape index (κ1) is 24.6. The van der Waals surface area contributed by atoms with Crippen molar-refractivity contribution in [2.24, 2.45) is 0 Å². The Kier molecular flexibility index (Phi) is 7.03. The number of aryl methyl sites for hydroxylation is 1. The smallest absolute Gasteiger partial charge is 0.254 e. The van der Waals surface area contributed by atoms with E-state index in [1.807, 2.05) is 30.5 Å². The highest BCUT2D eigenvalue weighted by atomic mass is 32.2. The van der Waals surface area contributed by atoms with Crippen LogP contribution >= 0.6 is 11.8 Å². The van der Waals surface area contributed by atoms with Crippen LogP contribution in [0.3, 0.4) is 0 Å². The molecule has 0 spiro atoms. The van der Waals surface area contributed by atoms with Crippen molar-refractivity contribution in [1.29, 1.82) is 0 Å². The van der Waals surface area contributed by atoms with E-state index in [0.29, 0.717) is 33.9 Å². The molecule has 35 heavy (non-hydrogen) atoms. The van der Waals surface area contributed by atoms with Gasteiger partial charge in [0.2, 0.25) is 5.91 Å². The number of anilines is 1. The average Bonchev–Trinajstić information content (AvgIpc) is 2.87. The number of nitrogens with one attached hydrogen (secondary N) is 1. The molecule has 2 amide bonds. The highest BCUT2D eigenvalue weighted by molar-refractivity contribution is 7.98. The summed E-state index contributed by atoms with van der Waals surface area (Å²) < 4.78 is 25.1. The molecule has 1 heterocycles. The topological polar surface area (TPSA) is 67.9 Å². The summed E-state index contributed by atoms with van der Waals surface area (Å²) in [7, 11) is 4.68. The fourth-order valence-corrected chi connectivity index (χ4v) is 4.85. The summed E-state index contributed by atoms with van der Waals surface area (Å²) in [6.45, 7) is 1.66. The maximum atomic E-state index is 14.2. The monoisotopic (exact) mass is 494 g/mol. The van der Waals surface area contributed by atoms with Crippen molar-refractivity contribution < 1.29 is 23.5 Å². The SMILES string of the molecule is COc1cc2c(cc1OC)[C@H](C(=O)Nc1ccc(C)c(F)c1)[C@@H](c1ccc(SC)cc1)N(C)C2=O. The van der Waals surface area contributed by atoms with Crippen LogP contribution in [0.4, 0.5) is 10.1 Å². The van der Waals surface area contributed by atoms with E-state index in [1.54, 1.807) is 54.9 Å². The summed E-state index contributed by atoms with van der Waals surface area (Å²) in [5.74, 6) is -0.966. The van der Waals surface area contributed by atoms with Gasteiger partial charge >= 0.3 is 0 Å². The lowest BCUT2D eigenvalue weighted by Gasteiger charge is -2.40. The van der Waals surface area contributed by atoms with Crippen molar-refractivity contribution in [2.75, 3.05) is 32.8 Å². The van der Waals surface area contributed by atoms with Crippen molar-refractivity contribution in [3.63, 3.8) is 0 Å². The molecular formula is C27H27FN2O4S. The number of likely N-dealkylation sites (N-methyl/N-ethyl adjacent to an activating group) is 1. The van der Waals surface area contributed by atoms with Gasteiger partial charge in [-0.05, 0) is 66.3 Å². The molecule has 0 fully saturated rings. The first-order valence-electron chi connectivity index (χ1n) is 11.0. The van der Waals surface area contributed by atoms with E-state index in [0.717, 1.165) is 10.5 Å². The molecular weight excluding hydrogens is 467 g/mol. The number of fused-ring (bicyclic) bond motifs is 1. The average molecular weight is 495 g/mol. The van der Waals surface area contributed by atoms with Crippen LogP contribution in [-0.4, -0.2) is 44.2 Å². The summed E-state index contributed by atoms with van der Waals surface area (Å²) in [6.07, 6.45) is 1.98. The molecule has 0 bridgehead atoms. The number of hydrogen-bond donors (Lipinski definition) is 1. The number of carbonyl (C=O) groups excluding carboxylic acids is 2. The van der Waals surface area contributed by atoms with E-state index in [4.69, 9.17) is 9.47 Å². The van der Waals surface area contributed by atoms with E-state index in [2.05, 4.69) is 5.32 Å². The Bertz CT molecular complexity index is 1280. The highest BCUT2D eigenvalue weighted by Gasteiger charge is 2.43. The van der Waals surface area contributed by atoms with Crippen LogP contribution in [0.5, 0.6) is 11.5 Å². The van der Waals surface area contributed by atoms with Crippen LogP contribution in [0.25, 0.3) is 0 Å². The molecule has 4 rings (SSSR count). The minimum absolute atomic E-state index is 0.231. The first-order chi connectivity index (χ1) is 16.8. The number of nitrogens with zero attached hydrogens (tertiary/aromatic N) is 1. The third-order valence-electron chi connectivity index (χ3n) is 6.35. The van der Waals surface area contributed by atoms with Crippen LogP contribution in [0, 0.1) is 12.7 Å². The molecule has 0 saturated heterocycles. The third-order valence-corrected chi connectivity index (χ3v) is 7.10. The van der Waals surface area contributed by atoms with Gasteiger partial charge < -0.3 is 19.7 Å². The Balaban J connectivity index is 1.86. The molecule has 182 valence electrons. The number of hydrogen-bond acceptors (Lipinski definition) is 5. The molecule has 3 aromatic rings. The van der Waals surface area contributed by atoms with Gasteiger partial charge in [0, 0.05) is 23.2 Å². The number of methoxy groups -OCH3 is 2. The van der Waals surface area contributed by atoms with Crippen molar-refractivity contribution in [3.8, 4) is 11.5 Å². The normalized spacial score (nSPS) is 17.1. The van der Waals surface area contributed by atoms with E-state index in [-0.39, 0.29) is 11.8 Å². The van der Waals surface area contributed by atoms with Crippen molar-refractivity contribution in [1.82, 2.24) is 4.90 Å². The van der Waals surface area contributed by atoms with E-state index < -0.39 is 17.8 Å². The lowest BCUT2D eigenvalue weighted by atomic mass is 9.79. The highest BCUT2D eigenvalue weighted by Crippen LogP contribution is 2.46. The lowest BCUT2D eigenvalue weighted by molar-refractivity contribution is -0.119. The molecule has 0 aliphatic carbocycles. The lowest BCUT2D eigenvalue weighted by Crippen LogP contribution is -2.44. The zero-order valence-electron chi connectivity index (χ0n) is 20.2. The summed E-state index contributed by atoms with van der Waals surface area (Å²) in [6, 6.07) is 15.1. The molecule has 0 radical (unpaired) electrons. The van der Waals surface area contributed by atoms with E-state index in [1.165, 1.54) is 20.3 Å². The second-order valence-electron chi connectivity index (χ2n) is 8.36. The van der Waals surface area contributed by atoms with Crippen LogP contribution < -0.4 is 14.8 Å². The molecule has 2 atom stereocenters. The Morgan fingerprint density at radius 2 is 1.69 bits per heavy atom. The summed E-state index contributed by atoms with van der Waals surface area (Å²) in [4.78, 5) is 29.9. The van der Waals surface area contributed by atoms with Crippen LogP contribution in [-0.2, 0) is 4.79 Å². The molecule has 0 saturated carbocycles. The maximum Gasteiger partial charge on any atom is 0.254 e. The minimum Gasteiger partial charge on any atom is -0.493 e. The zero-order valence-corrected chi connectivity index (χ0v) is 21.0. The van der Waals surface area contributed by atoms with Crippen LogP contribution in [0.15, 0.2) is 59.5 Å². The number of carbonyl (C=O) groups is 2. The van der Waals surface area contributed by atoms with Crippen molar-refractivity contribution in [3.05, 3.63) is 82.7 Å². The van der Waals surface area contributed by atoms with E-state index >= 15 is 0 Å². The molecule has 1 aliphatic rings. The Morgan fingerprint density at radius 3 is 2.29 bits per heavy atom. The molecule has 6 nitrogen and oxygen atoms in total. The molecule has 3 aromatic carbocycles. The van der Waals surface area contributed by atoms with Gasteiger partial charge in [-0.1, -0.05) is 18.2 Å². The first-order valence-corrected chi connectivity index (χ1v) is 12.3. The van der Waals surface area contributed by atoms with Gasteiger partial charge in [-0.25, -0.2) is 4.39 Å². The second-order valence-corrected chi connectivity index (χ2v) is 9.24. The Morgan fingerprint density at radius 1 is 1.03 bits per heavy atom. The quantitative estimate of drug-likeness (QED) is 0.464. The number of thioether (sulfide) groups is 1.